The molecule has 0 saturated carbocycles. The molecule has 2 aromatic carbocycles. The molecule has 118 valence electrons. The minimum Gasteiger partial charge on any atom is -0.318 e. The van der Waals surface area contributed by atoms with Crippen molar-refractivity contribution >= 4 is 27.4 Å². The van der Waals surface area contributed by atoms with Crippen LogP contribution in [0.2, 0.25) is 0 Å². The molecule has 0 fully saturated rings. The number of fused-ring (bicyclic) bond motifs is 1. The average molecular weight is 330 g/mol. The molecule has 0 spiro atoms. The third-order valence-corrected chi connectivity index (χ3v) is 5.01. The van der Waals surface area contributed by atoms with Gasteiger partial charge in [-0.25, -0.2) is 13.1 Å². The number of carbonyl (C=O) groups excluding carboxylic acids is 2. The number of anilines is 1. The first-order valence-electron chi connectivity index (χ1n) is 7.01. The van der Waals surface area contributed by atoms with Crippen LogP contribution in [0.5, 0.6) is 0 Å². The fourth-order valence-electron chi connectivity index (χ4n) is 2.35. The van der Waals surface area contributed by atoms with Crippen LogP contribution in [0.1, 0.15) is 15.9 Å². The summed E-state index contributed by atoms with van der Waals surface area (Å²) < 4.78 is 27.1. The Bertz CT molecular complexity index is 876. The van der Waals surface area contributed by atoms with Crippen molar-refractivity contribution in [1.29, 1.82) is 0 Å². The molecule has 1 aliphatic heterocycles. The summed E-state index contributed by atoms with van der Waals surface area (Å²) in [5.41, 5.74) is 1.44. The molecular formula is C16H14N2O4S. The number of rotatable bonds is 5. The second kappa shape index (κ2) is 5.94. The predicted molar refractivity (Wildman–Crippen MR) is 84.7 cm³/mol. The Morgan fingerprint density at radius 3 is 2.48 bits per heavy atom. The maximum atomic E-state index is 12.3. The normalized spacial score (nSPS) is 13.7. The van der Waals surface area contributed by atoms with E-state index in [4.69, 9.17) is 0 Å². The zero-order chi connectivity index (χ0) is 16.4. The van der Waals surface area contributed by atoms with Crippen LogP contribution >= 0.6 is 0 Å². The molecule has 1 heterocycles. The molecule has 0 bridgehead atoms. The van der Waals surface area contributed by atoms with Crippen LogP contribution in [0.25, 0.3) is 0 Å². The number of ketones is 1. The molecule has 1 amide bonds. The Hall–Kier alpha value is -2.51. The summed E-state index contributed by atoms with van der Waals surface area (Å²) in [4.78, 5) is 22.9. The Kier molecular flexibility index (Phi) is 3.97. The van der Waals surface area contributed by atoms with E-state index in [0.29, 0.717) is 12.1 Å². The van der Waals surface area contributed by atoms with Crippen LogP contribution < -0.4 is 10.0 Å². The Morgan fingerprint density at radius 2 is 1.74 bits per heavy atom. The summed E-state index contributed by atoms with van der Waals surface area (Å²) in [6.07, 6.45) is 0.560. The number of amides is 1. The zero-order valence-corrected chi connectivity index (χ0v) is 12.9. The number of benzene rings is 2. The van der Waals surface area contributed by atoms with E-state index in [2.05, 4.69) is 10.0 Å². The van der Waals surface area contributed by atoms with E-state index in [1.165, 1.54) is 18.2 Å². The molecule has 7 heteroatoms. The fourth-order valence-corrected chi connectivity index (χ4v) is 3.40. The van der Waals surface area contributed by atoms with E-state index >= 15 is 0 Å². The van der Waals surface area contributed by atoms with Gasteiger partial charge in [-0.15, -0.1) is 0 Å². The van der Waals surface area contributed by atoms with Crippen LogP contribution in [0, 0.1) is 0 Å². The SMILES string of the molecule is O=C1Nc2ccc(S(=O)(=O)NCCc3ccccc3)cc2C1=O. The second-order valence-electron chi connectivity index (χ2n) is 5.12. The van der Waals surface area contributed by atoms with Gasteiger partial charge in [0.15, 0.2) is 0 Å². The molecule has 3 rings (SSSR count). The molecule has 0 unspecified atom stereocenters. The van der Waals surface area contributed by atoms with E-state index in [-0.39, 0.29) is 17.0 Å². The maximum absolute atomic E-state index is 12.3. The molecule has 2 N–H and O–H groups in total. The second-order valence-corrected chi connectivity index (χ2v) is 6.89. The van der Waals surface area contributed by atoms with E-state index in [0.717, 1.165) is 5.56 Å². The van der Waals surface area contributed by atoms with Gasteiger partial charge in [0, 0.05) is 6.54 Å². The third kappa shape index (κ3) is 3.15. The van der Waals surface area contributed by atoms with Gasteiger partial charge in [0.25, 0.3) is 11.7 Å². The monoisotopic (exact) mass is 330 g/mol. The first-order valence-corrected chi connectivity index (χ1v) is 8.49. The highest BCUT2D eigenvalue weighted by atomic mass is 32.2. The van der Waals surface area contributed by atoms with Crippen molar-refractivity contribution in [1.82, 2.24) is 4.72 Å². The van der Waals surface area contributed by atoms with Crippen molar-refractivity contribution < 1.29 is 18.0 Å². The van der Waals surface area contributed by atoms with Crippen molar-refractivity contribution in [2.24, 2.45) is 0 Å². The van der Waals surface area contributed by atoms with Gasteiger partial charge >= 0.3 is 0 Å². The lowest BCUT2D eigenvalue weighted by atomic mass is 10.1. The molecule has 0 atom stereocenters. The number of carbonyl (C=O) groups is 2. The lowest BCUT2D eigenvalue weighted by Gasteiger charge is -2.08. The van der Waals surface area contributed by atoms with Gasteiger partial charge < -0.3 is 5.32 Å². The summed E-state index contributed by atoms with van der Waals surface area (Å²) in [5.74, 6) is -1.46. The summed E-state index contributed by atoms with van der Waals surface area (Å²) in [6.45, 7) is 0.245. The summed E-state index contributed by atoms with van der Waals surface area (Å²) >= 11 is 0. The number of sulfonamides is 1. The van der Waals surface area contributed by atoms with Crippen LogP contribution in [0.15, 0.2) is 53.4 Å². The van der Waals surface area contributed by atoms with Crippen LogP contribution in [0.4, 0.5) is 5.69 Å². The summed E-state index contributed by atoms with van der Waals surface area (Å²) in [6, 6.07) is 13.5. The molecule has 2 aromatic rings. The molecule has 0 saturated heterocycles. The Balaban J connectivity index is 1.73. The standard InChI is InChI=1S/C16H14N2O4S/c19-15-13-10-12(6-7-14(13)18-16(15)20)23(21,22)17-9-8-11-4-2-1-3-5-11/h1-7,10,17H,8-9H2,(H,18,19,20). The highest BCUT2D eigenvalue weighted by Gasteiger charge is 2.29. The first-order chi connectivity index (χ1) is 11.0. The minimum absolute atomic E-state index is 0.0332. The van der Waals surface area contributed by atoms with Gasteiger partial charge in [0.1, 0.15) is 0 Å². The topological polar surface area (TPSA) is 92.3 Å². The number of Topliss-reactive ketones (excluding diaryl/α,β-unsaturated/α-hetero) is 1. The van der Waals surface area contributed by atoms with Gasteiger partial charge in [-0.3, -0.25) is 9.59 Å². The van der Waals surface area contributed by atoms with Gasteiger partial charge in [-0.1, -0.05) is 30.3 Å². The van der Waals surface area contributed by atoms with Gasteiger partial charge in [0.05, 0.1) is 16.1 Å². The first kappa shape index (κ1) is 15.4. The molecule has 0 aliphatic carbocycles. The van der Waals surface area contributed by atoms with E-state index in [1.54, 1.807) is 0 Å². The van der Waals surface area contributed by atoms with Crippen molar-refractivity contribution in [3.05, 3.63) is 59.7 Å². The highest BCUT2D eigenvalue weighted by Crippen LogP contribution is 2.25. The molecule has 0 aromatic heterocycles. The van der Waals surface area contributed by atoms with Gasteiger partial charge in [0.2, 0.25) is 10.0 Å². The fraction of sp³-hybridized carbons (Fsp3) is 0.125. The maximum Gasteiger partial charge on any atom is 0.296 e. The quantitative estimate of drug-likeness (QED) is 0.809. The van der Waals surface area contributed by atoms with Crippen LogP contribution in [-0.2, 0) is 21.2 Å². The summed E-state index contributed by atoms with van der Waals surface area (Å²) in [7, 11) is -3.73. The third-order valence-electron chi connectivity index (χ3n) is 3.55. The number of hydrogen-bond donors (Lipinski definition) is 2. The van der Waals surface area contributed by atoms with Crippen molar-refractivity contribution in [3.63, 3.8) is 0 Å². The van der Waals surface area contributed by atoms with E-state index in [9.17, 15) is 18.0 Å². The minimum atomic E-state index is -3.73. The molecule has 1 aliphatic rings. The molecular weight excluding hydrogens is 316 g/mol. The van der Waals surface area contributed by atoms with Crippen LogP contribution in [0.3, 0.4) is 0 Å². The van der Waals surface area contributed by atoms with Crippen molar-refractivity contribution in [2.75, 3.05) is 11.9 Å². The van der Waals surface area contributed by atoms with Crippen LogP contribution in [-0.4, -0.2) is 26.7 Å². The smallest absolute Gasteiger partial charge is 0.296 e. The molecule has 6 nitrogen and oxygen atoms in total. The van der Waals surface area contributed by atoms with Crippen molar-refractivity contribution in [2.45, 2.75) is 11.3 Å². The Morgan fingerprint density at radius 1 is 1.00 bits per heavy atom. The van der Waals surface area contributed by atoms with E-state index in [1.807, 2.05) is 30.3 Å². The number of nitrogens with one attached hydrogen (secondary N) is 2. The average Bonchev–Trinajstić information content (AvgIpc) is 2.83. The predicted octanol–water partition coefficient (Wildman–Crippen LogP) is 1.34. The lowest BCUT2D eigenvalue weighted by Crippen LogP contribution is -2.26. The molecule has 23 heavy (non-hydrogen) atoms. The molecule has 0 radical (unpaired) electrons. The lowest BCUT2D eigenvalue weighted by molar-refractivity contribution is -0.112. The van der Waals surface area contributed by atoms with E-state index < -0.39 is 21.7 Å². The largest absolute Gasteiger partial charge is 0.318 e. The van der Waals surface area contributed by atoms with Crippen molar-refractivity contribution in [3.8, 4) is 0 Å². The zero-order valence-electron chi connectivity index (χ0n) is 12.1. The Labute approximate surface area is 133 Å². The summed E-state index contributed by atoms with van der Waals surface area (Å²) in [5, 5.41) is 2.39. The highest BCUT2D eigenvalue weighted by molar-refractivity contribution is 7.89. The number of hydrogen-bond acceptors (Lipinski definition) is 4. The van der Waals surface area contributed by atoms with Gasteiger partial charge in [-0.05, 0) is 30.2 Å². The van der Waals surface area contributed by atoms with Gasteiger partial charge in [-0.2, -0.15) is 0 Å².